The molecule has 0 aromatic carbocycles. The summed E-state index contributed by atoms with van der Waals surface area (Å²) in [5.74, 6) is 0. The van der Waals surface area contributed by atoms with Crippen molar-refractivity contribution in [3.8, 4) is 0 Å². The van der Waals surface area contributed by atoms with Crippen LogP contribution in [0.1, 0.15) is 52.4 Å². The number of nitrogens with two attached hydrogens (primary N) is 1. The van der Waals surface area contributed by atoms with Crippen LogP contribution < -0.4 is 5.73 Å². The maximum Gasteiger partial charge on any atom is 0.0707 e. The van der Waals surface area contributed by atoms with E-state index in [1.54, 1.807) is 0 Å². The lowest BCUT2D eigenvalue weighted by Gasteiger charge is -2.53. The Kier molecular flexibility index (Phi) is 3.20. The molecule has 3 unspecified atom stereocenters. The SMILES string of the molecule is CC1(C)CCCC(CN)(N2CC3CCC(C2)O3)C1. The van der Waals surface area contributed by atoms with Crippen molar-refractivity contribution in [1.29, 1.82) is 0 Å². The van der Waals surface area contributed by atoms with Crippen molar-refractivity contribution in [2.75, 3.05) is 19.6 Å². The van der Waals surface area contributed by atoms with Gasteiger partial charge in [-0.3, -0.25) is 4.90 Å². The van der Waals surface area contributed by atoms with E-state index >= 15 is 0 Å². The second kappa shape index (κ2) is 4.46. The lowest BCUT2D eigenvalue weighted by Crippen LogP contribution is -2.62. The van der Waals surface area contributed by atoms with E-state index in [4.69, 9.17) is 10.5 Å². The average molecular weight is 252 g/mol. The number of rotatable bonds is 2. The molecular formula is C15H28N2O. The van der Waals surface area contributed by atoms with Gasteiger partial charge in [-0.25, -0.2) is 0 Å². The molecule has 2 aliphatic heterocycles. The molecule has 0 aromatic heterocycles. The van der Waals surface area contributed by atoms with Gasteiger partial charge in [0, 0.05) is 25.2 Å². The zero-order valence-electron chi connectivity index (χ0n) is 12.0. The summed E-state index contributed by atoms with van der Waals surface area (Å²) in [7, 11) is 0. The Morgan fingerprint density at radius 3 is 2.39 bits per heavy atom. The Labute approximate surface area is 111 Å². The summed E-state index contributed by atoms with van der Waals surface area (Å²) >= 11 is 0. The Balaban J connectivity index is 1.78. The van der Waals surface area contributed by atoms with Crippen LogP contribution in [0.25, 0.3) is 0 Å². The van der Waals surface area contributed by atoms with Crippen molar-refractivity contribution in [1.82, 2.24) is 4.90 Å². The molecule has 3 fully saturated rings. The van der Waals surface area contributed by atoms with E-state index in [1.807, 2.05) is 0 Å². The van der Waals surface area contributed by atoms with Gasteiger partial charge in [0.15, 0.2) is 0 Å². The van der Waals surface area contributed by atoms with Crippen LogP contribution in [-0.2, 0) is 4.74 Å². The summed E-state index contributed by atoms with van der Waals surface area (Å²) in [6, 6.07) is 0. The molecule has 3 nitrogen and oxygen atoms in total. The van der Waals surface area contributed by atoms with Crippen LogP contribution >= 0.6 is 0 Å². The third-order valence-corrected chi connectivity index (χ3v) is 5.40. The van der Waals surface area contributed by atoms with Gasteiger partial charge >= 0.3 is 0 Å². The third-order valence-electron chi connectivity index (χ3n) is 5.40. The zero-order valence-corrected chi connectivity index (χ0v) is 12.0. The van der Waals surface area contributed by atoms with Crippen molar-refractivity contribution in [3.63, 3.8) is 0 Å². The van der Waals surface area contributed by atoms with E-state index in [2.05, 4.69) is 18.7 Å². The van der Waals surface area contributed by atoms with Crippen LogP contribution in [-0.4, -0.2) is 42.3 Å². The molecule has 2 saturated heterocycles. The topological polar surface area (TPSA) is 38.5 Å². The van der Waals surface area contributed by atoms with Crippen molar-refractivity contribution in [2.45, 2.75) is 70.1 Å². The highest BCUT2D eigenvalue weighted by molar-refractivity contribution is 5.02. The van der Waals surface area contributed by atoms with E-state index < -0.39 is 0 Å². The molecular weight excluding hydrogens is 224 g/mol. The first-order valence-corrected chi connectivity index (χ1v) is 7.64. The molecule has 3 rings (SSSR count). The molecule has 2 N–H and O–H groups in total. The predicted molar refractivity (Wildman–Crippen MR) is 73.5 cm³/mol. The van der Waals surface area contributed by atoms with E-state index in [1.165, 1.54) is 38.5 Å². The highest BCUT2D eigenvalue weighted by atomic mass is 16.5. The maximum absolute atomic E-state index is 6.22. The van der Waals surface area contributed by atoms with Crippen molar-refractivity contribution in [3.05, 3.63) is 0 Å². The molecule has 104 valence electrons. The molecule has 3 atom stereocenters. The summed E-state index contributed by atoms with van der Waals surface area (Å²) in [6.45, 7) is 7.86. The summed E-state index contributed by atoms with van der Waals surface area (Å²) in [5.41, 5.74) is 6.93. The smallest absolute Gasteiger partial charge is 0.0707 e. The molecule has 0 aromatic rings. The molecule has 2 heterocycles. The molecule has 0 amide bonds. The van der Waals surface area contributed by atoms with Gasteiger partial charge in [-0.15, -0.1) is 0 Å². The van der Waals surface area contributed by atoms with Gasteiger partial charge in [-0.2, -0.15) is 0 Å². The molecule has 0 spiro atoms. The minimum absolute atomic E-state index is 0.256. The lowest BCUT2D eigenvalue weighted by molar-refractivity contribution is -0.0965. The lowest BCUT2D eigenvalue weighted by atomic mass is 9.67. The first kappa shape index (κ1) is 12.9. The molecule has 18 heavy (non-hydrogen) atoms. The second-order valence-corrected chi connectivity index (χ2v) is 7.49. The minimum Gasteiger partial charge on any atom is -0.372 e. The van der Waals surface area contributed by atoms with Gasteiger partial charge in [0.1, 0.15) is 0 Å². The van der Waals surface area contributed by atoms with Gasteiger partial charge in [-0.05, 0) is 37.5 Å². The van der Waals surface area contributed by atoms with Crippen LogP contribution in [0.2, 0.25) is 0 Å². The summed E-state index contributed by atoms with van der Waals surface area (Å²) < 4.78 is 5.98. The van der Waals surface area contributed by atoms with Crippen LogP contribution in [0.3, 0.4) is 0 Å². The Morgan fingerprint density at radius 1 is 1.17 bits per heavy atom. The van der Waals surface area contributed by atoms with Crippen LogP contribution in [0.5, 0.6) is 0 Å². The van der Waals surface area contributed by atoms with Gasteiger partial charge in [0.25, 0.3) is 0 Å². The molecule has 3 aliphatic rings. The van der Waals surface area contributed by atoms with E-state index in [-0.39, 0.29) is 5.54 Å². The normalized spacial score (nSPS) is 44.2. The maximum atomic E-state index is 6.22. The van der Waals surface area contributed by atoms with Crippen molar-refractivity contribution in [2.24, 2.45) is 11.1 Å². The van der Waals surface area contributed by atoms with Gasteiger partial charge < -0.3 is 10.5 Å². The number of ether oxygens (including phenoxy) is 1. The van der Waals surface area contributed by atoms with E-state index in [0.717, 1.165) is 19.6 Å². The van der Waals surface area contributed by atoms with Gasteiger partial charge in [0.2, 0.25) is 0 Å². The fraction of sp³-hybridized carbons (Fsp3) is 1.00. The molecule has 0 radical (unpaired) electrons. The predicted octanol–water partition coefficient (Wildman–Crippen LogP) is 2.15. The quantitative estimate of drug-likeness (QED) is 0.818. The first-order chi connectivity index (χ1) is 8.53. The Bertz CT molecular complexity index is 306. The van der Waals surface area contributed by atoms with Crippen molar-refractivity contribution >= 4 is 0 Å². The summed E-state index contributed by atoms with van der Waals surface area (Å²) in [5, 5.41) is 0. The van der Waals surface area contributed by atoms with E-state index in [9.17, 15) is 0 Å². The number of likely N-dealkylation sites (tertiary alicyclic amines) is 1. The zero-order chi connectivity index (χ0) is 12.8. The third kappa shape index (κ3) is 2.21. The summed E-state index contributed by atoms with van der Waals surface area (Å²) in [6.07, 6.45) is 8.70. The molecule has 3 heteroatoms. The average Bonchev–Trinajstić information content (AvgIpc) is 2.66. The standard InChI is InChI=1S/C15H28N2O/c1-14(2)6-3-7-15(10-14,11-16)17-8-12-4-5-13(9-17)18-12/h12-13H,3-11,16H2,1-2H3. The number of fused-ring (bicyclic) bond motifs is 2. The fourth-order valence-electron chi connectivity index (χ4n) is 4.54. The fourth-order valence-corrected chi connectivity index (χ4v) is 4.54. The first-order valence-electron chi connectivity index (χ1n) is 7.64. The molecule has 2 bridgehead atoms. The number of hydrogen-bond acceptors (Lipinski definition) is 3. The van der Waals surface area contributed by atoms with Gasteiger partial charge in [0.05, 0.1) is 12.2 Å². The number of morpholine rings is 1. The van der Waals surface area contributed by atoms with Crippen molar-refractivity contribution < 1.29 is 4.74 Å². The monoisotopic (exact) mass is 252 g/mol. The van der Waals surface area contributed by atoms with Crippen LogP contribution in [0.4, 0.5) is 0 Å². The van der Waals surface area contributed by atoms with Crippen LogP contribution in [0, 0.1) is 5.41 Å². The largest absolute Gasteiger partial charge is 0.372 e. The Morgan fingerprint density at radius 2 is 1.83 bits per heavy atom. The minimum atomic E-state index is 0.256. The highest BCUT2D eigenvalue weighted by Gasteiger charge is 2.47. The number of nitrogens with zero attached hydrogens (tertiary/aromatic N) is 1. The Hall–Kier alpha value is -0.120. The van der Waals surface area contributed by atoms with E-state index in [0.29, 0.717) is 17.6 Å². The molecule has 1 saturated carbocycles. The number of hydrogen-bond donors (Lipinski definition) is 1. The van der Waals surface area contributed by atoms with Crippen LogP contribution in [0.15, 0.2) is 0 Å². The molecule has 1 aliphatic carbocycles. The highest BCUT2D eigenvalue weighted by Crippen LogP contribution is 2.45. The summed E-state index contributed by atoms with van der Waals surface area (Å²) in [4.78, 5) is 2.69. The second-order valence-electron chi connectivity index (χ2n) is 7.49. The van der Waals surface area contributed by atoms with Gasteiger partial charge in [-0.1, -0.05) is 20.3 Å².